The highest BCUT2D eigenvalue weighted by atomic mass is 19.1. The minimum Gasteiger partial charge on any atom is -0.390 e. The van der Waals surface area contributed by atoms with Gasteiger partial charge in [-0.1, -0.05) is 27.2 Å². The van der Waals surface area contributed by atoms with Crippen molar-refractivity contribution in [1.82, 2.24) is 0 Å². The van der Waals surface area contributed by atoms with Crippen molar-refractivity contribution in [2.75, 3.05) is 0 Å². The van der Waals surface area contributed by atoms with Crippen LogP contribution in [0.5, 0.6) is 0 Å². The predicted molar refractivity (Wildman–Crippen MR) is 68.5 cm³/mol. The van der Waals surface area contributed by atoms with E-state index in [1.54, 1.807) is 6.92 Å². The minimum absolute atomic E-state index is 0.0581. The first-order chi connectivity index (χ1) is 7.83. The summed E-state index contributed by atoms with van der Waals surface area (Å²) in [6.45, 7) is 8.29. The molecule has 0 aromatic rings. The third-order valence-corrected chi connectivity index (χ3v) is 5.49. The fourth-order valence-corrected chi connectivity index (χ4v) is 4.31. The zero-order chi connectivity index (χ0) is 12.8. The molecule has 0 spiro atoms. The second kappa shape index (κ2) is 4.22. The summed E-state index contributed by atoms with van der Waals surface area (Å²) in [4.78, 5) is 0. The van der Waals surface area contributed by atoms with Crippen LogP contribution in [-0.2, 0) is 0 Å². The first-order valence-electron chi connectivity index (χ1n) is 7.20. The molecule has 0 bridgehead atoms. The highest BCUT2D eigenvalue weighted by molar-refractivity contribution is 5.10. The van der Waals surface area contributed by atoms with Crippen LogP contribution in [0.15, 0.2) is 0 Å². The Kier molecular flexibility index (Phi) is 3.31. The summed E-state index contributed by atoms with van der Waals surface area (Å²) in [6.07, 6.45) is 4.39. The molecule has 2 heteroatoms. The molecule has 0 radical (unpaired) electrons. The summed E-state index contributed by atoms with van der Waals surface area (Å²) in [7, 11) is 0. The monoisotopic (exact) mass is 242 g/mol. The van der Waals surface area contributed by atoms with E-state index >= 15 is 0 Å². The van der Waals surface area contributed by atoms with Crippen LogP contribution in [-0.4, -0.2) is 16.9 Å². The van der Waals surface area contributed by atoms with Gasteiger partial charge in [-0.2, -0.15) is 0 Å². The van der Waals surface area contributed by atoms with Crippen molar-refractivity contribution in [1.29, 1.82) is 0 Å². The number of hydrogen-bond acceptors (Lipinski definition) is 1. The van der Waals surface area contributed by atoms with Gasteiger partial charge in [-0.3, -0.25) is 0 Å². The second-order valence-corrected chi connectivity index (χ2v) is 6.96. The molecule has 2 saturated carbocycles. The summed E-state index contributed by atoms with van der Waals surface area (Å²) in [5.41, 5.74) is -1.04. The Morgan fingerprint density at radius 3 is 2.53 bits per heavy atom. The molecule has 0 heterocycles. The van der Waals surface area contributed by atoms with Crippen molar-refractivity contribution in [3.05, 3.63) is 0 Å². The van der Waals surface area contributed by atoms with Crippen LogP contribution in [0, 0.1) is 23.2 Å². The third-order valence-electron chi connectivity index (χ3n) is 5.49. The molecule has 0 saturated heterocycles. The quantitative estimate of drug-likeness (QED) is 0.794. The van der Waals surface area contributed by atoms with Crippen LogP contribution >= 0.6 is 0 Å². The molecule has 0 aromatic heterocycles. The lowest BCUT2D eigenvalue weighted by atomic mass is 9.66. The fourth-order valence-electron chi connectivity index (χ4n) is 4.31. The highest BCUT2D eigenvalue weighted by Crippen LogP contribution is 2.64. The molecule has 2 fully saturated rings. The fraction of sp³-hybridized carbons (Fsp3) is 1.00. The minimum atomic E-state index is -1.38. The summed E-state index contributed by atoms with van der Waals surface area (Å²) >= 11 is 0. The summed E-state index contributed by atoms with van der Waals surface area (Å²) in [5.74, 6) is 0.960. The molecule has 1 N–H and O–H groups in total. The lowest BCUT2D eigenvalue weighted by Gasteiger charge is -2.44. The van der Waals surface area contributed by atoms with Crippen LogP contribution in [0.3, 0.4) is 0 Å². The summed E-state index contributed by atoms with van der Waals surface area (Å²) < 4.78 is 14.8. The number of halogens is 1. The number of hydrogen-bond donors (Lipinski definition) is 1. The van der Waals surface area contributed by atoms with E-state index in [9.17, 15) is 9.50 Å². The number of aliphatic hydroxyl groups excluding tert-OH is 1. The number of rotatable bonds is 3. The predicted octanol–water partition coefficient (Wildman–Crippen LogP) is 3.95. The van der Waals surface area contributed by atoms with Gasteiger partial charge in [-0.05, 0) is 49.9 Å². The molecule has 1 nitrogen and oxygen atoms in total. The maximum absolute atomic E-state index is 14.8. The molecule has 0 aromatic carbocycles. The summed E-state index contributed by atoms with van der Waals surface area (Å²) in [5, 5.41) is 9.93. The molecule has 2 aliphatic rings. The average Bonchev–Trinajstić information content (AvgIpc) is 2.85. The van der Waals surface area contributed by atoms with Gasteiger partial charge < -0.3 is 5.11 Å². The molecule has 5 unspecified atom stereocenters. The molecule has 100 valence electrons. The number of aliphatic hydroxyl groups is 1. The average molecular weight is 242 g/mol. The zero-order valence-corrected chi connectivity index (χ0v) is 11.7. The molecule has 17 heavy (non-hydrogen) atoms. The Morgan fingerprint density at radius 2 is 1.94 bits per heavy atom. The van der Waals surface area contributed by atoms with Crippen molar-refractivity contribution in [3.8, 4) is 0 Å². The van der Waals surface area contributed by atoms with E-state index in [0.717, 1.165) is 12.8 Å². The highest BCUT2D eigenvalue weighted by Gasteiger charge is 2.61. The van der Waals surface area contributed by atoms with Gasteiger partial charge in [0.1, 0.15) is 5.67 Å². The first-order valence-corrected chi connectivity index (χ1v) is 7.20. The van der Waals surface area contributed by atoms with E-state index in [-0.39, 0.29) is 5.92 Å². The van der Waals surface area contributed by atoms with Crippen molar-refractivity contribution in [2.45, 2.75) is 71.6 Å². The maximum Gasteiger partial charge on any atom is 0.137 e. The third kappa shape index (κ3) is 2.14. The zero-order valence-electron chi connectivity index (χ0n) is 11.7. The molecule has 0 amide bonds. The molecular formula is C15H27FO. The van der Waals surface area contributed by atoms with Gasteiger partial charge in [0.15, 0.2) is 0 Å². The number of alkyl halides is 1. The van der Waals surface area contributed by atoms with Crippen molar-refractivity contribution >= 4 is 0 Å². The molecule has 2 rings (SSSR count). The van der Waals surface area contributed by atoms with Crippen molar-refractivity contribution in [2.24, 2.45) is 23.2 Å². The van der Waals surface area contributed by atoms with Crippen LogP contribution in [0.4, 0.5) is 4.39 Å². The van der Waals surface area contributed by atoms with Gasteiger partial charge in [-0.25, -0.2) is 4.39 Å². The van der Waals surface area contributed by atoms with Gasteiger partial charge in [-0.15, -0.1) is 0 Å². The van der Waals surface area contributed by atoms with E-state index in [4.69, 9.17) is 0 Å². The Morgan fingerprint density at radius 1 is 1.29 bits per heavy atom. The largest absolute Gasteiger partial charge is 0.390 e. The molecule has 2 aliphatic carbocycles. The van der Waals surface area contributed by atoms with Crippen LogP contribution in [0.2, 0.25) is 0 Å². The standard InChI is InChI=1S/C15H27FO/c1-5-8-14(3)9-11(14)13-10(2)6-7-12(17)15(13,4)16/h10-13,17H,5-9H2,1-4H3/t10?,11?,12?,13?,14-,15?/m0/s1. The lowest BCUT2D eigenvalue weighted by Crippen LogP contribution is -2.50. The molecular weight excluding hydrogens is 215 g/mol. The SMILES string of the molecule is CCC[C@@]1(C)CC1C1C(C)CCC(O)C1(C)F. The van der Waals surface area contributed by atoms with Crippen LogP contribution < -0.4 is 0 Å². The van der Waals surface area contributed by atoms with E-state index in [2.05, 4.69) is 20.8 Å². The second-order valence-electron chi connectivity index (χ2n) is 6.96. The lowest BCUT2D eigenvalue weighted by molar-refractivity contribution is -0.0980. The van der Waals surface area contributed by atoms with Gasteiger partial charge in [0, 0.05) is 5.92 Å². The van der Waals surface area contributed by atoms with E-state index in [1.807, 2.05) is 0 Å². The van der Waals surface area contributed by atoms with Gasteiger partial charge in [0.05, 0.1) is 6.10 Å². The Labute approximate surface area is 105 Å². The summed E-state index contributed by atoms with van der Waals surface area (Å²) in [6, 6.07) is 0. The Balaban J connectivity index is 2.14. The van der Waals surface area contributed by atoms with Crippen LogP contribution in [0.25, 0.3) is 0 Å². The molecule has 6 atom stereocenters. The van der Waals surface area contributed by atoms with E-state index < -0.39 is 11.8 Å². The van der Waals surface area contributed by atoms with Crippen LogP contribution in [0.1, 0.15) is 59.8 Å². The topological polar surface area (TPSA) is 20.2 Å². The van der Waals surface area contributed by atoms with Gasteiger partial charge in [0.25, 0.3) is 0 Å². The van der Waals surface area contributed by atoms with E-state index in [0.29, 0.717) is 23.7 Å². The Hall–Kier alpha value is -0.110. The smallest absolute Gasteiger partial charge is 0.137 e. The van der Waals surface area contributed by atoms with Crippen molar-refractivity contribution in [3.63, 3.8) is 0 Å². The maximum atomic E-state index is 14.8. The van der Waals surface area contributed by atoms with Gasteiger partial charge in [0.2, 0.25) is 0 Å². The first kappa shape index (κ1) is 13.3. The van der Waals surface area contributed by atoms with Gasteiger partial charge >= 0.3 is 0 Å². The van der Waals surface area contributed by atoms with Crippen molar-refractivity contribution < 1.29 is 9.50 Å². The normalized spacial score (nSPS) is 54.7. The van der Waals surface area contributed by atoms with E-state index in [1.165, 1.54) is 12.8 Å². The molecule has 0 aliphatic heterocycles. The Bertz CT molecular complexity index is 289.